The molecule has 0 radical (unpaired) electrons. The fraction of sp³-hybridized carbons (Fsp3) is 0.0769. The molecule has 0 aliphatic carbocycles. The van der Waals surface area contributed by atoms with E-state index in [1.165, 1.54) is 0 Å². The monoisotopic (exact) mass is 281 g/mol. The Morgan fingerprint density at radius 2 is 2.14 bits per heavy atom. The average Bonchev–Trinajstić information content (AvgIpc) is 3.19. The molecule has 0 bridgehead atoms. The van der Waals surface area contributed by atoms with Crippen LogP contribution in [0.3, 0.4) is 0 Å². The van der Waals surface area contributed by atoms with Crippen LogP contribution in [0.25, 0.3) is 17.0 Å². The second kappa shape index (κ2) is 4.44. The van der Waals surface area contributed by atoms with Crippen LogP contribution in [0, 0.1) is 0 Å². The van der Waals surface area contributed by atoms with Crippen LogP contribution in [0.5, 0.6) is 0 Å². The third-order valence-electron chi connectivity index (χ3n) is 3.24. The Kier molecular flexibility index (Phi) is 2.46. The summed E-state index contributed by atoms with van der Waals surface area (Å²) in [6.45, 7) is 0.422. The zero-order chi connectivity index (χ0) is 14.2. The molecule has 0 saturated carbocycles. The van der Waals surface area contributed by atoms with Gasteiger partial charge in [0.25, 0.3) is 0 Å². The molecule has 21 heavy (non-hydrogen) atoms. The maximum atomic E-state index is 11.1. The number of hydrogen-bond donors (Lipinski definition) is 2. The number of aromatic amines is 2. The topological polar surface area (TPSA) is 96.7 Å². The van der Waals surface area contributed by atoms with Crippen molar-refractivity contribution in [3.05, 3.63) is 59.2 Å². The summed E-state index contributed by atoms with van der Waals surface area (Å²) < 4.78 is 3.73. The quantitative estimate of drug-likeness (QED) is 0.576. The standard InChI is InChI=1S/C13H11N7O/c21-13-16-11(17-18-13)8-19-7-6-14-12(19)10-3-1-2-9-4-5-15-20(9)10/h1-7H,8H2,(H2,16,17,18,21). The lowest BCUT2D eigenvalue weighted by atomic mass is 10.3. The number of nitrogens with one attached hydrogen (secondary N) is 2. The number of hydrogen-bond acceptors (Lipinski definition) is 4. The Bertz CT molecular complexity index is 958. The van der Waals surface area contributed by atoms with Crippen LogP contribution in [0.1, 0.15) is 5.82 Å². The van der Waals surface area contributed by atoms with Gasteiger partial charge < -0.3 is 4.57 Å². The van der Waals surface area contributed by atoms with Crippen molar-refractivity contribution in [1.29, 1.82) is 0 Å². The first-order chi connectivity index (χ1) is 10.3. The van der Waals surface area contributed by atoms with Crippen LogP contribution >= 0.6 is 0 Å². The van der Waals surface area contributed by atoms with E-state index in [4.69, 9.17) is 0 Å². The van der Waals surface area contributed by atoms with Gasteiger partial charge in [-0.2, -0.15) is 10.2 Å². The van der Waals surface area contributed by atoms with Gasteiger partial charge >= 0.3 is 5.69 Å². The summed E-state index contributed by atoms with van der Waals surface area (Å²) in [6, 6.07) is 7.82. The summed E-state index contributed by atoms with van der Waals surface area (Å²) in [6.07, 6.45) is 5.30. The summed E-state index contributed by atoms with van der Waals surface area (Å²) >= 11 is 0. The molecule has 0 atom stereocenters. The zero-order valence-electron chi connectivity index (χ0n) is 10.9. The SMILES string of the molecule is O=c1[nH]nc(Cn2ccnc2-c2cccc3ccnn23)[nH]1. The highest BCUT2D eigenvalue weighted by molar-refractivity contribution is 5.58. The number of H-pyrrole nitrogens is 2. The van der Waals surface area contributed by atoms with Gasteiger partial charge in [0.05, 0.1) is 18.3 Å². The lowest BCUT2D eigenvalue weighted by molar-refractivity contribution is 0.748. The Morgan fingerprint density at radius 1 is 1.19 bits per heavy atom. The first kappa shape index (κ1) is 11.6. The maximum Gasteiger partial charge on any atom is 0.340 e. The second-order valence-electron chi connectivity index (χ2n) is 4.58. The molecule has 4 heterocycles. The predicted octanol–water partition coefficient (Wildman–Crippen LogP) is 0.657. The first-order valence-corrected chi connectivity index (χ1v) is 6.39. The minimum atomic E-state index is -0.319. The molecular weight excluding hydrogens is 270 g/mol. The van der Waals surface area contributed by atoms with Gasteiger partial charge in [-0.15, -0.1) is 0 Å². The van der Waals surface area contributed by atoms with Gasteiger partial charge in [-0.05, 0) is 18.2 Å². The number of aromatic nitrogens is 7. The van der Waals surface area contributed by atoms with Crippen molar-refractivity contribution in [1.82, 2.24) is 34.3 Å². The Balaban J connectivity index is 1.81. The zero-order valence-corrected chi connectivity index (χ0v) is 10.9. The normalized spacial score (nSPS) is 11.2. The van der Waals surface area contributed by atoms with Crippen molar-refractivity contribution in [2.75, 3.05) is 0 Å². The molecule has 0 aromatic carbocycles. The minimum Gasteiger partial charge on any atom is -0.322 e. The van der Waals surface area contributed by atoms with Crippen LogP contribution in [-0.4, -0.2) is 34.3 Å². The summed E-state index contributed by atoms with van der Waals surface area (Å²) in [7, 11) is 0. The van der Waals surface area contributed by atoms with E-state index in [9.17, 15) is 4.79 Å². The molecule has 4 rings (SSSR count). The van der Waals surface area contributed by atoms with Crippen molar-refractivity contribution in [2.45, 2.75) is 6.54 Å². The van der Waals surface area contributed by atoms with E-state index in [1.807, 2.05) is 39.5 Å². The summed E-state index contributed by atoms with van der Waals surface area (Å²) in [5, 5.41) is 10.6. The average molecular weight is 281 g/mol. The maximum absolute atomic E-state index is 11.1. The summed E-state index contributed by atoms with van der Waals surface area (Å²) in [5.41, 5.74) is 1.55. The molecule has 0 unspecified atom stereocenters. The third kappa shape index (κ3) is 1.93. The lowest BCUT2D eigenvalue weighted by Gasteiger charge is -2.07. The largest absolute Gasteiger partial charge is 0.340 e. The van der Waals surface area contributed by atoms with E-state index in [-0.39, 0.29) is 5.69 Å². The Morgan fingerprint density at radius 3 is 3.00 bits per heavy atom. The van der Waals surface area contributed by atoms with Crippen molar-refractivity contribution in [3.8, 4) is 11.5 Å². The van der Waals surface area contributed by atoms with E-state index < -0.39 is 0 Å². The van der Waals surface area contributed by atoms with Crippen molar-refractivity contribution in [2.24, 2.45) is 0 Å². The molecule has 0 spiro atoms. The van der Waals surface area contributed by atoms with Gasteiger partial charge in [0, 0.05) is 12.4 Å². The smallest absolute Gasteiger partial charge is 0.322 e. The van der Waals surface area contributed by atoms with Crippen LogP contribution in [0.2, 0.25) is 0 Å². The van der Waals surface area contributed by atoms with Crippen molar-refractivity contribution in [3.63, 3.8) is 0 Å². The number of fused-ring (bicyclic) bond motifs is 1. The third-order valence-corrected chi connectivity index (χ3v) is 3.24. The Labute approximate surface area is 118 Å². The van der Waals surface area contributed by atoms with Gasteiger partial charge in [0.1, 0.15) is 5.69 Å². The predicted molar refractivity (Wildman–Crippen MR) is 74.7 cm³/mol. The van der Waals surface area contributed by atoms with Crippen LogP contribution in [0.15, 0.2) is 47.7 Å². The molecule has 4 aromatic rings. The van der Waals surface area contributed by atoms with Crippen molar-refractivity contribution < 1.29 is 0 Å². The van der Waals surface area contributed by atoms with E-state index in [2.05, 4.69) is 25.3 Å². The number of pyridine rings is 1. The second-order valence-corrected chi connectivity index (χ2v) is 4.58. The molecular formula is C13H11N7O. The van der Waals surface area contributed by atoms with Crippen LogP contribution in [-0.2, 0) is 6.54 Å². The number of nitrogens with zero attached hydrogens (tertiary/aromatic N) is 5. The molecule has 0 aliphatic heterocycles. The highest BCUT2D eigenvalue weighted by atomic mass is 16.1. The van der Waals surface area contributed by atoms with E-state index in [0.717, 1.165) is 17.0 Å². The fourth-order valence-corrected chi connectivity index (χ4v) is 2.33. The van der Waals surface area contributed by atoms with E-state index >= 15 is 0 Å². The van der Waals surface area contributed by atoms with Gasteiger partial charge in [0.2, 0.25) is 0 Å². The van der Waals surface area contributed by atoms with Gasteiger partial charge in [-0.1, -0.05) is 6.07 Å². The van der Waals surface area contributed by atoms with Crippen LogP contribution in [0.4, 0.5) is 0 Å². The first-order valence-electron chi connectivity index (χ1n) is 6.39. The molecule has 8 nitrogen and oxygen atoms in total. The van der Waals surface area contributed by atoms with E-state index in [0.29, 0.717) is 12.4 Å². The van der Waals surface area contributed by atoms with Gasteiger partial charge in [-0.3, -0.25) is 4.98 Å². The van der Waals surface area contributed by atoms with Crippen LogP contribution < -0.4 is 5.69 Å². The molecule has 4 aromatic heterocycles. The minimum absolute atomic E-state index is 0.319. The number of imidazole rings is 1. The molecule has 0 fully saturated rings. The van der Waals surface area contributed by atoms with Crippen molar-refractivity contribution >= 4 is 5.52 Å². The highest BCUT2D eigenvalue weighted by Crippen LogP contribution is 2.19. The highest BCUT2D eigenvalue weighted by Gasteiger charge is 2.11. The Hall–Kier alpha value is -3.16. The molecule has 104 valence electrons. The summed E-state index contributed by atoms with van der Waals surface area (Å²) in [5.74, 6) is 1.31. The molecule has 0 amide bonds. The summed E-state index contributed by atoms with van der Waals surface area (Å²) in [4.78, 5) is 18.1. The molecule has 2 N–H and O–H groups in total. The van der Waals surface area contributed by atoms with Gasteiger partial charge in [-0.25, -0.2) is 19.4 Å². The number of rotatable bonds is 3. The lowest BCUT2D eigenvalue weighted by Crippen LogP contribution is -2.07. The fourth-order valence-electron chi connectivity index (χ4n) is 2.33. The van der Waals surface area contributed by atoms with E-state index in [1.54, 1.807) is 12.4 Å². The molecule has 8 heteroatoms. The molecule has 0 aliphatic rings. The molecule has 0 saturated heterocycles. The van der Waals surface area contributed by atoms with Gasteiger partial charge in [0.15, 0.2) is 11.6 Å².